The van der Waals surface area contributed by atoms with Crippen molar-refractivity contribution in [3.63, 3.8) is 0 Å². The monoisotopic (exact) mass is 168 g/mol. The number of fused-ring (bicyclic) bond motifs is 1. The van der Waals surface area contributed by atoms with Gasteiger partial charge in [0.05, 0.1) is 11.1 Å². The van der Waals surface area contributed by atoms with Crippen LogP contribution in [0.3, 0.4) is 0 Å². The van der Waals surface area contributed by atoms with Crippen molar-refractivity contribution in [2.45, 2.75) is 11.3 Å². The van der Waals surface area contributed by atoms with Crippen LogP contribution in [0.25, 0.3) is 0 Å². The first-order chi connectivity index (χ1) is 5.29. The van der Waals surface area contributed by atoms with Gasteiger partial charge >= 0.3 is 0 Å². The number of hydrogen-bond acceptors (Lipinski definition) is 3. The average molecular weight is 168 g/mol. The first-order valence-corrected chi connectivity index (χ1v) is 4.45. The molecule has 3 nitrogen and oxygen atoms in total. The smallest absolute Gasteiger partial charge is 0.182 e. The molecule has 0 fully saturated rings. The number of Topliss-reactive ketones (excluding diaryl/α,β-unsaturated/α-hetero) is 1. The van der Waals surface area contributed by atoms with Crippen molar-refractivity contribution in [1.29, 1.82) is 0 Å². The Morgan fingerprint density at radius 2 is 2.55 bits per heavy atom. The van der Waals surface area contributed by atoms with Crippen LogP contribution in [0.5, 0.6) is 0 Å². The van der Waals surface area contributed by atoms with E-state index >= 15 is 0 Å². The molecule has 1 aliphatic rings. The fourth-order valence-electron chi connectivity index (χ4n) is 1.21. The van der Waals surface area contributed by atoms with Crippen LogP contribution in [0.15, 0.2) is 11.1 Å². The number of carbonyl (C=O) groups excluding carboxylic acids is 1. The molecule has 0 saturated carbocycles. The molecule has 58 valence electrons. The lowest BCUT2D eigenvalue weighted by Gasteiger charge is -2.09. The van der Waals surface area contributed by atoms with Crippen LogP contribution in [-0.2, 0) is 7.05 Å². The number of carbonyl (C=O) groups is 1. The number of aromatic nitrogens is 2. The summed E-state index contributed by atoms with van der Waals surface area (Å²) in [6, 6.07) is 0. The Kier molecular flexibility index (Phi) is 1.49. The molecule has 0 aromatic carbocycles. The first kappa shape index (κ1) is 6.91. The summed E-state index contributed by atoms with van der Waals surface area (Å²) in [5, 5.41) is 4.02. The Labute approximate surface area is 68.8 Å². The van der Waals surface area contributed by atoms with E-state index in [0.717, 1.165) is 16.3 Å². The highest BCUT2D eigenvalue weighted by Gasteiger charge is 2.21. The molecule has 0 unspecified atom stereocenters. The number of thioether (sulfide) groups is 1. The molecule has 11 heavy (non-hydrogen) atoms. The molecule has 0 spiro atoms. The Morgan fingerprint density at radius 1 is 1.73 bits per heavy atom. The van der Waals surface area contributed by atoms with Gasteiger partial charge in [-0.3, -0.25) is 9.48 Å². The van der Waals surface area contributed by atoms with Crippen LogP contribution in [0.4, 0.5) is 0 Å². The minimum absolute atomic E-state index is 0.221. The summed E-state index contributed by atoms with van der Waals surface area (Å²) >= 11 is 1.71. The Bertz CT molecular complexity index is 305. The highest BCUT2D eigenvalue weighted by atomic mass is 32.2. The van der Waals surface area contributed by atoms with Gasteiger partial charge in [0.15, 0.2) is 5.78 Å². The number of nitrogens with zero attached hydrogens (tertiary/aromatic N) is 2. The van der Waals surface area contributed by atoms with E-state index in [1.807, 2.05) is 7.05 Å². The summed E-state index contributed by atoms with van der Waals surface area (Å²) in [7, 11) is 1.81. The third-order valence-electron chi connectivity index (χ3n) is 1.76. The highest BCUT2D eigenvalue weighted by Crippen LogP contribution is 2.28. The highest BCUT2D eigenvalue weighted by molar-refractivity contribution is 7.99. The number of rotatable bonds is 0. The van der Waals surface area contributed by atoms with Crippen molar-refractivity contribution >= 4 is 17.5 Å². The van der Waals surface area contributed by atoms with E-state index in [1.165, 1.54) is 0 Å². The van der Waals surface area contributed by atoms with Crippen molar-refractivity contribution in [1.82, 2.24) is 9.78 Å². The molecule has 0 bridgehead atoms. The van der Waals surface area contributed by atoms with E-state index in [4.69, 9.17) is 0 Å². The summed E-state index contributed by atoms with van der Waals surface area (Å²) in [6.45, 7) is 0. The van der Waals surface area contributed by atoms with Gasteiger partial charge < -0.3 is 0 Å². The van der Waals surface area contributed by atoms with E-state index in [0.29, 0.717) is 6.42 Å². The van der Waals surface area contributed by atoms with Crippen LogP contribution in [0, 0.1) is 0 Å². The maximum absolute atomic E-state index is 11.3. The van der Waals surface area contributed by atoms with Gasteiger partial charge in [-0.15, -0.1) is 11.8 Å². The molecule has 1 aromatic rings. The molecule has 0 aliphatic carbocycles. The van der Waals surface area contributed by atoms with Crippen LogP contribution in [0.2, 0.25) is 0 Å². The van der Waals surface area contributed by atoms with E-state index < -0.39 is 0 Å². The van der Waals surface area contributed by atoms with E-state index in [2.05, 4.69) is 5.10 Å². The minimum Gasteiger partial charge on any atom is -0.292 e. The number of ketones is 1. The minimum atomic E-state index is 0.221. The maximum atomic E-state index is 11.3. The Balaban J connectivity index is 2.56. The molecule has 0 atom stereocenters. The van der Waals surface area contributed by atoms with Gasteiger partial charge in [-0.1, -0.05) is 0 Å². The molecule has 0 radical (unpaired) electrons. The molecule has 1 aromatic heterocycles. The zero-order valence-corrected chi connectivity index (χ0v) is 7.02. The van der Waals surface area contributed by atoms with Crippen LogP contribution >= 0.6 is 11.8 Å². The zero-order chi connectivity index (χ0) is 7.84. The average Bonchev–Trinajstić information content (AvgIpc) is 2.34. The Hall–Kier alpha value is -0.770. The summed E-state index contributed by atoms with van der Waals surface area (Å²) in [5.41, 5.74) is 0.779. The van der Waals surface area contributed by atoms with Gasteiger partial charge in [-0.25, -0.2) is 0 Å². The van der Waals surface area contributed by atoms with Gasteiger partial charge in [0.2, 0.25) is 0 Å². The third kappa shape index (κ3) is 0.976. The predicted molar refractivity (Wildman–Crippen MR) is 42.9 cm³/mol. The molecule has 2 heterocycles. The SMILES string of the molecule is Cn1ncc2c1C(=O)CCS2. The molecular formula is C7H8N2OS. The quantitative estimate of drug-likeness (QED) is 0.581. The number of aryl methyl sites for hydroxylation is 1. The molecule has 0 N–H and O–H groups in total. The normalized spacial score (nSPS) is 16.6. The van der Waals surface area contributed by atoms with Gasteiger partial charge in [-0.05, 0) is 0 Å². The van der Waals surface area contributed by atoms with Gasteiger partial charge in [0.25, 0.3) is 0 Å². The lowest BCUT2D eigenvalue weighted by Crippen LogP contribution is -2.12. The van der Waals surface area contributed by atoms with Crippen molar-refractivity contribution in [3.05, 3.63) is 11.9 Å². The third-order valence-corrected chi connectivity index (χ3v) is 2.77. The zero-order valence-electron chi connectivity index (χ0n) is 6.20. The first-order valence-electron chi connectivity index (χ1n) is 3.47. The lowest BCUT2D eigenvalue weighted by molar-refractivity contribution is 0.0975. The van der Waals surface area contributed by atoms with Crippen LogP contribution < -0.4 is 0 Å². The van der Waals surface area contributed by atoms with Gasteiger partial charge in [0.1, 0.15) is 5.69 Å². The summed E-state index contributed by atoms with van der Waals surface area (Å²) in [4.78, 5) is 12.3. The molecule has 1 aliphatic heterocycles. The topological polar surface area (TPSA) is 34.9 Å². The van der Waals surface area contributed by atoms with E-state index in [9.17, 15) is 4.79 Å². The van der Waals surface area contributed by atoms with Crippen LogP contribution in [0.1, 0.15) is 16.9 Å². The largest absolute Gasteiger partial charge is 0.292 e. The lowest BCUT2D eigenvalue weighted by atomic mass is 10.2. The summed E-state index contributed by atoms with van der Waals surface area (Å²) < 4.78 is 1.66. The molecule has 2 rings (SSSR count). The second kappa shape index (κ2) is 2.37. The second-order valence-corrected chi connectivity index (χ2v) is 3.64. The van der Waals surface area contributed by atoms with Gasteiger partial charge in [0, 0.05) is 19.2 Å². The number of hydrogen-bond donors (Lipinski definition) is 0. The van der Waals surface area contributed by atoms with Gasteiger partial charge in [-0.2, -0.15) is 5.10 Å². The molecular weight excluding hydrogens is 160 g/mol. The van der Waals surface area contributed by atoms with Crippen molar-refractivity contribution in [2.75, 3.05) is 5.75 Å². The molecule has 0 saturated heterocycles. The summed E-state index contributed by atoms with van der Waals surface area (Å²) in [6.07, 6.45) is 2.41. The van der Waals surface area contributed by atoms with Crippen LogP contribution in [-0.4, -0.2) is 21.3 Å². The van der Waals surface area contributed by atoms with Crippen molar-refractivity contribution < 1.29 is 4.79 Å². The fraction of sp³-hybridized carbons (Fsp3) is 0.429. The molecule has 4 heteroatoms. The second-order valence-electron chi connectivity index (χ2n) is 2.50. The van der Waals surface area contributed by atoms with Crippen molar-refractivity contribution in [3.8, 4) is 0 Å². The molecule has 0 amide bonds. The Morgan fingerprint density at radius 3 is 3.27 bits per heavy atom. The van der Waals surface area contributed by atoms with E-state index in [1.54, 1.807) is 22.6 Å². The maximum Gasteiger partial charge on any atom is 0.182 e. The van der Waals surface area contributed by atoms with E-state index in [-0.39, 0.29) is 5.78 Å². The predicted octanol–water partition coefficient (Wildman–Crippen LogP) is 1.10. The summed E-state index contributed by atoms with van der Waals surface area (Å²) in [5.74, 6) is 1.12. The standard InChI is InChI=1S/C7H8N2OS/c1-9-7-5(10)2-3-11-6(7)4-8-9/h4H,2-3H2,1H3. The fourth-order valence-corrected chi connectivity index (χ4v) is 2.22. The van der Waals surface area contributed by atoms with Crippen molar-refractivity contribution in [2.24, 2.45) is 7.05 Å².